The maximum atomic E-state index is 13.1. The van der Waals surface area contributed by atoms with Gasteiger partial charge in [-0.05, 0) is 49.5 Å². The van der Waals surface area contributed by atoms with Gasteiger partial charge in [-0.1, -0.05) is 17.5 Å². The zero-order valence-electron chi connectivity index (χ0n) is 18.9. The van der Waals surface area contributed by atoms with Crippen LogP contribution in [0.2, 0.25) is 5.02 Å². The molecule has 14 heteroatoms. The number of thiocarbonyl (C=S) groups is 1. The van der Waals surface area contributed by atoms with Crippen LogP contribution in [-0.4, -0.2) is 30.3 Å². The Kier molecular flexibility index (Phi) is 7.42. The van der Waals surface area contributed by atoms with Gasteiger partial charge in [0.1, 0.15) is 17.3 Å². The molecule has 0 aliphatic rings. The van der Waals surface area contributed by atoms with Crippen LogP contribution in [0.1, 0.15) is 17.0 Å². The number of terminal acetylenes is 1. The van der Waals surface area contributed by atoms with Crippen molar-refractivity contribution >= 4 is 63.7 Å². The number of aromatic amines is 1. The number of benzene rings is 1. The number of rotatable bonds is 6. The molecule has 0 radical (unpaired) electrons. The highest BCUT2D eigenvalue weighted by Crippen LogP contribution is 2.36. The summed E-state index contributed by atoms with van der Waals surface area (Å²) in [5.41, 5.74) is 0.974. The van der Waals surface area contributed by atoms with Crippen LogP contribution in [0, 0.1) is 19.3 Å². The summed E-state index contributed by atoms with van der Waals surface area (Å²) in [4.78, 5) is 13.0. The molecule has 0 fully saturated rings. The number of halogens is 4. The molecule has 0 amide bonds. The van der Waals surface area contributed by atoms with Crippen molar-refractivity contribution in [2.75, 3.05) is 21.3 Å². The predicted molar refractivity (Wildman–Crippen MR) is 140 cm³/mol. The number of aromatic nitrogens is 5. The number of aryl methyl sites for hydroxylation is 1. The fraction of sp³-hybridized carbons (Fsp3) is 0.0870. The Bertz CT molecular complexity index is 1480. The number of nitrogens with one attached hydrogen (secondary N) is 5. The molecular weight excluding hydrogens is 527 g/mol. The van der Waals surface area contributed by atoms with Gasteiger partial charge in [0.05, 0.1) is 22.5 Å². The van der Waals surface area contributed by atoms with E-state index < -0.39 is 16.8 Å². The zero-order valence-corrected chi connectivity index (χ0v) is 20.5. The first-order valence-corrected chi connectivity index (χ1v) is 11.2. The monoisotopic (exact) mass is 543 g/mol. The van der Waals surface area contributed by atoms with Crippen LogP contribution >= 0.6 is 23.8 Å². The number of H-pyrrole nitrogens is 1. The normalized spacial score (nSPS) is 10.9. The predicted octanol–water partition coefficient (Wildman–Crippen LogP) is 5.85. The number of anilines is 6. The van der Waals surface area contributed by atoms with Crippen LogP contribution in [0.5, 0.6) is 0 Å². The number of pyridine rings is 1. The van der Waals surface area contributed by atoms with Crippen LogP contribution in [0.3, 0.4) is 0 Å². The van der Waals surface area contributed by atoms with E-state index >= 15 is 0 Å². The van der Waals surface area contributed by atoms with Crippen LogP contribution in [0.25, 0.3) is 0 Å². The second-order valence-electron chi connectivity index (χ2n) is 7.48. The maximum absolute atomic E-state index is 13.1. The summed E-state index contributed by atoms with van der Waals surface area (Å²) in [6.45, 7) is 1.81. The van der Waals surface area contributed by atoms with Crippen molar-refractivity contribution in [3.05, 3.63) is 70.6 Å². The summed E-state index contributed by atoms with van der Waals surface area (Å²) in [6, 6.07) is 10.1. The minimum atomic E-state index is -4.59. The summed E-state index contributed by atoms with van der Waals surface area (Å²) in [7, 11) is 0. The highest BCUT2D eigenvalue weighted by molar-refractivity contribution is 7.80. The van der Waals surface area contributed by atoms with E-state index in [0.717, 1.165) is 12.1 Å². The molecule has 3 aromatic heterocycles. The Morgan fingerprint density at radius 1 is 1.00 bits per heavy atom. The third kappa shape index (κ3) is 6.84. The Labute approximate surface area is 219 Å². The fourth-order valence-corrected chi connectivity index (χ4v) is 3.50. The number of alkyl halides is 3. The number of hydrogen-bond donors (Lipinski definition) is 5. The molecule has 188 valence electrons. The lowest BCUT2D eigenvalue weighted by Gasteiger charge is -2.14. The van der Waals surface area contributed by atoms with Gasteiger partial charge in [-0.15, -0.1) is 6.42 Å². The van der Waals surface area contributed by atoms with Crippen molar-refractivity contribution in [1.29, 1.82) is 0 Å². The lowest BCUT2D eigenvalue weighted by atomic mass is 10.2. The molecule has 0 atom stereocenters. The van der Waals surface area contributed by atoms with E-state index in [2.05, 4.69) is 52.3 Å². The molecule has 0 saturated heterocycles. The molecule has 37 heavy (non-hydrogen) atoms. The maximum Gasteiger partial charge on any atom is 0.417 e. The van der Waals surface area contributed by atoms with Gasteiger partial charge in [0.2, 0.25) is 5.95 Å². The van der Waals surface area contributed by atoms with Gasteiger partial charge in [0.15, 0.2) is 10.9 Å². The summed E-state index contributed by atoms with van der Waals surface area (Å²) >= 11 is 10.8. The Balaban J connectivity index is 1.38. The molecule has 0 aliphatic heterocycles. The highest BCUT2D eigenvalue weighted by Gasteiger charge is 2.33. The minimum absolute atomic E-state index is 0.0488. The van der Waals surface area contributed by atoms with E-state index in [4.69, 9.17) is 30.2 Å². The molecular formula is C23H17ClF3N9S. The SMILES string of the molecule is C#Cc1cc(Nc2cc(C)nc(Nc3ccc(NC(=S)Nc4ccc(Cl)c(C(F)(F)F)c4)nc3)n2)n[nH]1. The lowest BCUT2D eigenvalue weighted by molar-refractivity contribution is -0.137. The topological polar surface area (TPSA) is 115 Å². The van der Waals surface area contributed by atoms with Crippen molar-refractivity contribution in [1.82, 2.24) is 25.1 Å². The Morgan fingerprint density at radius 3 is 2.46 bits per heavy atom. The number of nitrogens with zero attached hydrogens (tertiary/aromatic N) is 4. The smallest absolute Gasteiger partial charge is 0.332 e. The van der Waals surface area contributed by atoms with Crippen molar-refractivity contribution in [3.63, 3.8) is 0 Å². The van der Waals surface area contributed by atoms with Gasteiger partial charge in [0, 0.05) is 23.5 Å². The van der Waals surface area contributed by atoms with Crippen molar-refractivity contribution < 1.29 is 13.2 Å². The zero-order chi connectivity index (χ0) is 26.6. The van der Waals surface area contributed by atoms with Crippen LogP contribution in [-0.2, 0) is 6.18 Å². The average Bonchev–Trinajstić information content (AvgIpc) is 3.28. The molecule has 3 heterocycles. The van der Waals surface area contributed by atoms with Crippen molar-refractivity contribution in [2.24, 2.45) is 0 Å². The molecule has 1 aromatic carbocycles. The Hall–Kier alpha value is -4.41. The molecule has 5 N–H and O–H groups in total. The molecule has 0 unspecified atom stereocenters. The second-order valence-corrected chi connectivity index (χ2v) is 8.30. The minimum Gasteiger partial charge on any atom is -0.332 e. The summed E-state index contributed by atoms with van der Waals surface area (Å²) in [6.07, 6.45) is 2.27. The molecule has 4 rings (SSSR count). The first-order chi connectivity index (χ1) is 17.6. The highest BCUT2D eigenvalue weighted by atomic mass is 35.5. The summed E-state index contributed by atoms with van der Waals surface area (Å²) in [5, 5.41) is 18.0. The van der Waals surface area contributed by atoms with E-state index in [9.17, 15) is 13.2 Å². The van der Waals surface area contributed by atoms with Gasteiger partial charge in [-0.3, -0.25) is 5.10 Å². The van der Waals surface area contributed by atoms with Gasteiger partial charge in [-0.25, -0.2) is 9.97 Å². The molecule has 4 aromatic rings. The van der Waals surface area contributed by atoms with E-state index in [0.29, 0.717) is 40.5 Å². The Morgan fingerprint density at radius 2 is 1.78 bits per heavy atom. The van der Waals surface area contributed by atoms with E-state index in [1.54, 1.807) is 24.3 Å². The molecule has 9 nitrogen and oxygen atoms in total. The largest absolute Gasteiger partial charge is 0.417 e. The summed E-state index contributed by atoms with van der Waals surface area (Å²) in [5.74, 6) is 4.15. The number of hydrogen-bond acceptors (Lipinski definition) is 7. The van der Waals surface area contributed by atoms with Crippen molar-refractivity contribution in [3.8, 4) is 12.3 Å². The third-order valence-electron chi connectivity index (χ3n) is 4.63. The lowest BCUT2D eigenvalue weighted by Crippen LogP contribution is -2.20. The fourth-order valence-electron chi connectivity index (χ4n) is 3.05. The first-order valence-electron chi connectivity index (χ1n) is 10.4. The standard InChI is InChI=1S/C23H17ClF3N9S/c1-3-13-10-20(36-35-13)32-19-8-12(2)29-21(33-19)30-15-5-7-18(28-11-15)34-22(37)31-14-4-6-17(24)16(9-14)23(25,26)27/h1,4-11H,2H3,(H2,28,31,34,37)(H3,29,30,32,33,35,36). The quantitative estimate of drug-likeness (QED) is 0.151. The summed E-state index contributed by atoms with van der Waals surface area (Å²) < 4.78 is 39.2. The molecule has 0 bridgehead atoms. The van der Waals surface area contributed by atoms with Crippen LogP contribution in [0.4, 0.5) is 47.9 Å². The average molecular weight is 544 g/mol. The van der Waals surface area contributed by atoms with Gasteiger partial charge in [-0.2, -0.15) is 23.3 Å². The molecule has 0 saturated carbocycles. The van der Waals surface area contributed by atoms with E-state index in [-0.39, 0.29) is 10.8 Å². The second kappa shape index (κ2) is 10.7. The van der Waals surface area contributed by atoms with Crippen molar-refractivity contribution in [2.45, 2.75) is 13.1 Å². The van der Waals surface area contributed by atoms with Gasteiger partial charge >= 0.3 is 6.18 Å². The first kappa shape index (κ1) is 25.7. The van der Waals surface area contributed by atoms with Gasteiger partial charge < -0.3 is 21.3 Å². The molecule has 0 aliphatic carbocycles. The van der Waals surface area contributed by atoms with E-state index in [1.807, 2.05) is 6.92 Å². The van der Waals surface area contributed by atoms with Crippen LogP contribution in [0.15, 0.2) is 48.7 Å². The van der Waals surface area contributed by atoms with E-state index in [1.165, 1.54) is 12.3 Å². The van der Waals surface area contributed by atoms with Gasteiger partial charge in [0.25, 0.3) is 0 Å². The van der Waals surface area contributed by atoms with Crippen LogP contribution < -0.4 is 21.3 Å². The third-order valence-corrected chi connectivity index (χ3v) is 5.17. The molecule has 0 spiro atoms.